The van der Waals surface area contributed by atoms with Gasteiger partial charge in [0.2, 0.25) is 11.8 Å². The average molecular weight is 401 g/mol. The highest BCUT2D eigenvalue weighted by atomic mass is 16.5. The number of unbranched alkanes of at least 4 members (excludes halogenated alkanes) is 1. The molecule has 158 valence electrons. The van der Waals surface area contributed by atoms with Crippen LogP contribution in [-0.2, 0) is 16.0 Å². The van der Waals surface area contributed by atoms with E-state index in [1.54, 1.807) is 7.11 Å². The highest BCUT2D eigenvalue weighted by Gasteiger charge is 2.54. The van der Waals surface area contributed by atoms with E-state index in [1.165, 1.54) is 6.42 Å². The lowest BCUT2D eigenvalue weighted by atomic mass is 9.66. The summed E-state index contributed by atoms with van der Waals surface area (Å²) in [5, 5.41) is 6.20. The van der Waals surface area contributed by atoms with Crippen LogP contribution in [0.15, 0.2) is 18.2 Å². The van der Waals surface area contributed by atoms with Crippen LogP contribution in [0, 0.1) is 11.3 Å². The second kappa shape index (κ2) is 8.74. The van der Waals surface area contributed by atoms with E-state index in [4.69, 9.17) is 9.47 Å². The van der Waals surface area contributed by atoms with Crippen molar-refractivity contribution in [2.45, 2.75) is 63.8 Å². The van der Waals surface area contributed by atoms with E-state index in [2.05, 4.69) is 10.6 Å². The summed E-state index contributed by atoms with van der Waals surface area (Å²) in [5.41, 5.74) is 0.708. The number of nitrogens with one attached hydrogen (secondary N) is 2. The predicted molar refractivity (Wildman–Crippen MR) is 110 cm³/mol. The third-order valence-corrected chi connectivity index (χ3v) is 6.97. The molecule has 29 heavy (non-hydrogen) atoms. The van der Waals surface area contributed by atoms with Crippen molar-refractivity contribution in [2.24, 2.45) is 11.3 Å². The molecular weight excluding hydrogens is 368 g/mol. The lowest BCUT2D eigenvalue weighted by Crippen LogP contribution is -2.40. The fourth-order valence-electron chi connectivity index (χ4n) is 5.38. The van der Waals surface area contributed by atoms with Gasteiger partial charge in [-0.3, -0.25) is 14.9 Å². The second-order valence-electron chi connectivity index (χ2n) is 8.69. The van der Waals surface area contributed by atoms with Gasteiger partial charge in [-0.1, -0.05) is 31.7 Å². The zero-order chi connectivity index (χ0) is 20.3. The highest BCUT2D eigenvalue weighted by Crippen LogP contribution is 2.47. The minimum atomic E-state index is -0.416. The molecule has 4 rings (SSSR count). The molecule has 1 aromatic carbocycles. The van der Waals surface area contributed by atoms with Gasteiger partial charge in [-0.2, -0.15) is 0 Å². The van der Waals surface area contributed by atoms with Crippen molar-refractivity contribution >= 4 is 11.8 Å². The van der Waals surface area contributed by atoms with Crippen molar-refractivity contribution in [3.05, 3.63) is 23.8 Å². The van der Waals surface area contributed by atoms with Crippen LogP contribution in [0.25, 0.3) is 0 Å². The number of amides is 2. The van der Waals surface area contributed by atoms with Crippen molar-refractivity contribution in [3.8, 4) is 11.5 Å². The molecule has 1 spiro atoms. The van der Waals surface area contributed by atoms with Gasteiger partial charge in [0.1, 0.15) is 18.1 Å². The Kier molecular flexibility index (Phi) is 6.09. The summed E-state index contributed by atoms with van der Waals surface area (Å²) in [5.74, 6) is 1.59. The van der Waals surface area contributed by atoms with Crippen molar-refractivity contribution < 1.29 is 19.1 Å². The van der Waals surface area contributed by atoms with E-state index in [1.807, 2.05) is 18.2 Å². The Morgan fingerprint density at radius 2 is 2.03 bits per heavy atom. The van der Waals surface area contributed by atoms with E-state index < -0.39 is 5.41 Å². The Labute approximate surface area is 172 Å². The molecule has 0 radical (unpaired) electrons. The number of carbonyl (C=O) groups is 2. The number of benzene rings is 1. The standard InChI is InChI=1S/C23H32N2O4/c1-28-19-9-7-10-20-17(19)14-16(15-29-20)24-13-6-3-8-18-21(26)25-22(27)23(18)11-4-2-5-12-23/h7,9-10,16,18,24H,2-6,8,11-15H2,1H3,(H,25,26,27). The van der Waals surface area contributed by atoms with Crippen LogP contribution >= 0.6 is 0 Å². The van der Waals surface area contributed by atoms with E-state index in [0.717, 1.165) is 75.0 Å². The SMILES string of the molecule is COc1cccc2c1CC(NCCCCC1C(=O)NC(=O)C13CCCCC3)CO2. The van der Waals surface area contributed by atoms with Crippen molar-refractivity contribution in [1.82, 2.24) is 10.6 Å². The molecule has 1 aromatic rings. The Balaban J connectivity index is 1.24. The summed E-state index contributed by atoms with van der Waals surface area (Å²) < 4.78 is 11.3. The molecule has 2 N–H and O–H groups in total. The molecule has 2 unspecified atom stereocenters. The average Bonchev–Trinajstić information content (AvgIpc) is 2.97. The van der Waals surface area contributed by atoms with Crippen molar-refractivity contribution in [3.63, 3.8) is 0 Å². The van der Waals surface area contributed by atoms with Gasteiger partial charge < -0.3 is 14.8 Å². The molecule has 0 aromatic heterocycles. The summed E-state index contributed by atoms with van der Waals surface area (Å²) in [4.78, 5) is 24.8. The minimum Gasteiger partial charge on any atom is -0.496 e. The van der Waals surface area contributed by atoms with Crippen LogP contribution in [0.4, 0.5) is 0 Å². The first-order valence-corrected chi connectivity index (χ1v) is 11.0. The third kappa shape index (κ3) is 4.00. The van der Waals surface area contributed by atoms with E-state index >= 15 is 0 Å². The highest BCUT2D eigenvalue weighted by molar-refractivity contribution is 6.07. The van der Waals surface area contributed by atoms with Gasteiger partial charge >= 0.3 is 0 Å². The Bertz CT molecular complexity index is 743. The molecule has 6 heteroatoms. The molecule has 2 atom stereocenters. The van der Waals surface area contributed by atoms with E-state index in [-0.39, 0.29) is 23.8 Å². The van der Waals surface area contributed by atoms with Gasteiger partial charge in [0.15, 0.2) is 0 Å². The molecule has 3 aliphatic rings. The molecular formula is C23H32N2O4. The maximum absolute atomic E-state index is 12.5. The first-order valence-electron chi connectivity index (χ1n) is 11.0. The quantitative estimate of drug-likeness (QED) is 0.544. The Morgan fingerprint density at radius 3 is 2.83 bits per heavy atom. The lowest BCUT2D eigenvalue weighted by molar-refractivity contribution is -0.131. The summed E-state index contributed by atoms with van der Waals surface area (Å²) in [6.45, 7) is 1.54. The lowest BCUT2D eigenvalue weighted by Gasteiger charge is -2.35. The first-order chi connectivity index (χ1) is 14.1. The zero-order valence-corrected chi connectivity index (χ0v) is 17.3. The van der Waals surface area contributed by atoms with Crippen LogP contribution in [-0.4, -0.2) is 38.1 Å². The van der Waals surface area contributed by atoms with Gasteiger partial charge in [-0.05, 0) is 50.8 Å². The molecule has 2 heterocycles. The molecule has 1 saturated heterocycles. The van der Waals surface area contributed by atoms with Crippen LogP contribution in [0.2, 0.25) is 0 Å². The van der Waals surface area contributed by atoms with Gasteiger partial charge in [-0.25, -0.2) is 0 Å². The molecule has 2 aliphatic heterocycles. The van der Waals surface area contributed by atoms with Gasteiger partial charge in [0, 0.05) is 11.6 Å². The number of ether oxygens (including phenoxy) is 2. The summed E-state index contributed by atoms with van der Waals surface area (Å²) >= 11 is 0. The predicted octanol–water partition coefficient (Wildman–Crippen LogP) is 2.98. The number of hydrogen-bond donors (Lipinski definition) is 2. The number of hydrogen-bond acceptors (Lipinski definition) is 5. The van der Waals surface area contributed by atoms with Gasteiger partial charge in [0.05, 0.1) is 18.4 Å². The van der Waals surface area contributed by atoms with Crippen molar-refractivity contribution in [1.29, 1.82) is 0 Å². The molecule has 0 bridgehead atoms. The van der Waals surface area contributed by atoms with Crippen LogP contribution in [0.5, 0.6) is 11.5 Å². The topological polar surface area (TPSA) is 76.7 Å². The van der Waals surface area contributed by atoms with E-state index in [9.17, 15) is 9.59 Å². The number of methoxy groups -OCH3 is 1. The Morgan fingerprint density at radius 1 is 1.21 bits per heavy atom. The largest absolute Gasteiger partial charge is 0.496 e. The van der Waals surface area contributed by atoms with Gasteiger partial charge in [-0.15, -0.1) is 0 Å². The maximum Gasteiger partial charge on any atom is 0.233 e. The fraction of sp³-hybridized carbons (Fsp3) is 0.652. The molecule has 1 aliphatic carbocycles. The number of imide groups is 1. The van der Waals surface area contributed by atoms with Gasteiger partial charge in [0.25, 0.3) is 0 Å². The van der Waals surface area contributed by atoms with E-state index in [0.29, 0.717) is 6.61 Å². The molecule has 6 nitrogen and oxygen atoms in total. The van der Waals surface area contributed by atoms with Crippen LogP contribution in [0.1, 0.15) is 56.9 Å². The summed E-state index contributed by atoms with van der Waals surface area (Å²) in [6, 6.07) is 6.18. The van der Waals surface area contributed by atoms with Crippen LogP contribution < -0.4 is 20.1 Å². The smallest absolute Gasteiger partial charge is 0.233 e. The molecule has 2 fully saturated rings. The monoisotopic (exact) mass is 400 g/mol. The second-order valence-corrected chi connectivity index (χ2v) is 8.69. The first kappa shape index (κ1) is 20.2. The zero-order valence-electron chi connectivity index (χ0n) is 17.3. The van der Waals surface area contributed by atoms with Crippen LogP contribution in [0.3, 0.4) is 0 Å². The maximum atomic E-state index is 12.5. The fourth-order valence-corrected chi connectivity index (χ4v) is 5.38. The third-order valence-electron chi connectivity index (χ3n) is 6.97. The number of carbonyl (C=O) groups excluding carboxylic acids is 2. The summed E-state index contributed by atoms with van der Waals surface area (Å²) in [7, 11) is 1.69. The van der Waals surface area contributed by atoms with Crippen molar-refractivity contribution in [2.75, 3.05) is 20.3 Å². The minimum absolute atomic E-state index is 0.0164. The molecule has 2 amide bonds. The molecule has 1 saturated carbocycles. The summed E-state index contributed by atoms with van der Waals surface area (Å²) in [6.07, 6.45) is 8.67. The number of rotatable bonds is 7. The normalized spacial score (nSPS) is 25.4. The Hall–Kier alpha value is -2.08. The number of fused-ring (bicyclic) bond motifs is 1.